The molecule has 2 aromatic rings. The van der Waals surface area contributed by atoms with E-state index >= 15 is 0 Å². The van der Waals surface area contributed by atoms with Crippen LogP contribution in [0.1, 0.15) is 17.5 Å². The molecule has 2 rings (SSSR count). The van der Waals surface area contributed by atoms with Crippen molar-refractivity contribution >= 4 is 29.9 Å². The van der Waals surface area contributed by atoms with Crippen LogP contribution in [0, 0.1) is 0 Å². The van der Waals surface area contributed by atoms with Gasteiger partial charge in [0, 0.05) is 20.2 Å². The van der Waals surface area contributed by atoms with E-state index in [1.807, 2.05) is 42.5 Å². The number of ether oxygens (including phenoxy) is 2. The molecule has 1 atom stereocenters. The number of nitrogens with two attached hydrogens (primary N) is 1. The van der Waals surface area contributed by atoms with Crippen LogP contribution in [0.25, 0.3) is 0 Å². The molecule has 26 heavy (non-hydrogen) atoms. The van der Waals surface area contributed by atoms with Crippen molar-refractivity contribution in [1.29, 1.82) is 0 Å². The minimum absolute atomic E-state index is 0. The molecule has 0 aromatic heterocycles. The lowest BCUT2D eigenvalue weighted by Crippen LogP contribution is -2.32. The molecular weight excluding hydrogens is 375 g/mol. The number of para-hydroxylation sites is 1. The van der Waals surface area contributed by atoms with E-state index in [2.05, 4.69) is 5.32 Å². The van der Waals surface area contributed by atoms with Crippen LogP contribution in [-0.4, -0.2) is 25.7 Å². The first-order chi connectivity index (χ1) is 12.1. The number of hydrogen-bond donors (Lipinski definition) is 2. The van der Waals surface area contributed by atoms with Gasteiger partial charge in [-0.05, 0) is 23.3 Å². The Morgan fingerprint density at radius 3 is 2.46 bits per heavy atom. The minimum atomic E-state index is -0.265. The molecule has 1 amide bonds. The Balaban J connectivity index is 0.00000338. The van der Waals surface area contributed by atoms with Gasteiger partial charge in [0.2, 0.25) is 5.91 Å². The first kappa shape index (κ1) is 22.3. The Morgan fingerprint density at radius 1 is 1.15 bits per heavy atom. The topological polar surface area (TPSA) is 73.6 Å². The van der Waals surface area contributed by atoms with Crippen molar-refractivity contribution < 1.29 is 14.3 Å². The maximum Gasteiger partial charge on any atom is 0.222 e. The smallest absolute Gasteiger partial charge is 0.222 e. The summed E-state index contributed by atoms with van der Waals surface area (Å²) in [7, 11) is 1.55. The van der Waals surface area contributed by atoms with Crippen LogP contribution in [0.3, 0.4) is 0 Å². The zero-order valence-electron chi connectivity index (χ0n) is 14.6. The molecule has 0 aliphatic rings. The predicted octanol–water partition coefficient (Wildman–Crippen LogP) is 3.32. The van der Waals surface area contributed by atoms with Crippen molar-refractivity contribution in [3.05, 3.63) is 64.7 Å². The molecule has 0 aliphatic heterocycles. The summed E-state index contributed by atoms with van der Waals surface area (Å²) in [5, 5.41) is 3.46. The van der Waals surface area contributed by atoms with Gasteiger partial charge in [-0.15, -0.1) is 12.4 Å². The van der Waals surface area contributed by atoms with Crippen molar-refractivity contribution in [2.24, 2.45) is 5.73 Å². The highest BCUT2D eigenvalue weighted by molar-refractivity contribution is 6.32. The second-order valence-electron chi connectivity index (χ2n) is 5.56. The molecule has 0 heterocycles. The van der Waals surface area contributed by atoms with Crippen molar-refractivity contribution in [1.82, 2.24) is 5.32 Å². The van der Waals surface area contributed by atoms with E-state index in [1.165, 1.54) is 0 Å². The van der Waals surface area contributed by atoms with Gasteiger partial charge in [0.25, 0.3) is 0 Å². The first-order valence-corrected chi connectivity index (χ1v) is 8.45. The quantitative estimate of drug-likeness (QED) is 0.679. The van der Waals surface area contributed by atoms with Crippen LogP contribution in [0.15, 0.2) is 48.5 Å². The normalized spacial score (nSPS) is 11.3. The van der Waals surface area contributed by atoms with Crippen LogP contribution < -0.4 is 15.8 Å². The second kappa shape index (κ2) is 11.8. The lowest BCUT2D eigenvalue weighted by Gasteiger charge is -2.15. The van der Waals surface area contributed by atoms with E-state index in [4.69, 9.17) is 26.8 Å². The third kappa shape index (κ3) is 6.84. The molecule has 142 valence electrons. The number of halogens is 2. The molecule has 1 unspecified atom stereocenters. The standard InChI is InChI=1S/C19H23ClN2O3.ClH/c1-24-16(11-21)10-19(23)22-12-14-6-2-3-7-15(14)13-25-18-9-5-4-8-17(18)20;/h2-9,16H,10-13,21H2,1H3,(H,22,23);1H. The van der Waals surface area contributed by atoms with Crippen molar-refractivity contribution in [2.45, 2.75) is 25.7 Å². The number of hydrogen-bond acceptors (Lipinski definition) is 4. The Morgan fingerprint density at radius 2 is 1.81 bits per heavy atom. The van der Waals surface area contributed by atoms with E-state index in [0.29, 0.717) is 30.5 Å². The molecular formula is C19H24Cl2N2O3. The van der Waals surface area contributed by atoms with Crippen LogP contribution in [-0.2, 0) is 22.7 Å². The average molecular weight is 399 g/mol. The first-order valence-electron chi connectivity index (χ1n) is 8.07. The molecule has 0 saturated heterocycles. The maximum atomic E-state index is 12.0. The summed E-state index contributed by atoms with van der Waals surface area (Å²) in [6.45, 7) is 1.10. The number of carbonyl (C=O) groups excluding carboxylic acids is 1. The fraction of sp³-hybridized carbons (Fsp3) is 0.316. The second-order valence-corrected chi connectivity index (χ2v) is 5.97. The van der Waals surface area contributed by atoms with Crippen molar-refractivity contribution in [3.8, 4) is 5.75 Å². The van der Waals surface area contributed by atoms with Gasteiger partial charge in [-0.2, -0.15) is 0 Å². The predicted molar refractivity (Wildman–Crippen MR) is 106 cm³/mol. The highest BCUT2D eigenvalue weighted by Crippen LogP contribution is 2.24. The molecule has 0 bridgehead atoms. The van der Waals surface area contributed by atoms with Gasteiger partial charge in [-0.25, -0.2) is 0 Å². The maximum absolute atomic E-state index is 12.0. The number of rotatable bonds is 9. The molecule has 0 spiro atoms. The van der Waals surface area contributed by atoms with E-state index in [-0.39, 0.29) is 30.8 Å². The number of benzene rings is 2. The summed E-state index contributed by atoms with van der Waals surface area (Å²) in [5.74, 6) is 0.535. The van der Waals surface area contributed by atoms with E-state index in [0.717, 1.165) is 11.1 Å². The summed E-state index contributed by atoms with van der Waals surface area (Å²) in [5.41, 5.74) is 7.52. The fourth-order valence-corrected chi connectivity index (χ4v) is 2.51. The Bertz CT molecular complexity index is 694. The number of nitrogens with one attached hydrogen (secondary N) is 1. The van der Waals surface area contributed by atoms with Crippen LogP contribution >= 0.6 is 24.0 Å². The lowest BCUT2D eigenvalue weighted by molar-refractivity contribution is -0.123. The summed E-state index contributed by atoms with van der Waals surface area (Å²) < 4.78 is 10.9. The van der Waals surface area contributed by atoms with Gasteiger partial charge in [-0.3, -0.25) is 4.79 Å². The largest absolute Gasteiger partial charge is 0.487 e. The minimum Gasteiger partial charge on any atom is -0.487 e. The number of carbonyl (C=O) groups is 1. The SMILES string of the molecule is COC(CN)CC(=O)NCc1ccccc1COc1ccccc1Cl.Cl. The van der Waals surface area contributed by atoms with Crippen LogP contribution in [0.4, 0.5) is 0 Å². The molecule has 2 aromatic carbocycles. The summed E-state index contributed by atoms with van der Waals surface area (Å²) in [6.07, 6.45) is -0.0236. The van der Waals surface area contributed by atoms with Gasteiger partial charge < -0.3 is 20.5 Å². The van der Waals surface area contributed by atoms with Gasteiger partial charge in [0.1, 0.15) is 12.4 Å². The number of amides is 1. The average Bonchev–Trinajstić information content (AvgIpc) is 2.64. The zero-order chi connectivity index (χ0) is 18.1. The van der Waals surface area contributed by atoms with Gasteiger partial charge >= 0.3 is 0 Å². The zero-order valence-corrected chi connectivity index (χ0v) is 16.2. The van der Waals surface area contributed by atoms with E-state index < -0.39 is 0 Å². The van der Waals surface area contributed by atoms with E-state index in [1.54, 1.807) is 13.2 Å². The molecule has 7 heteroatoms. The molecule has 0 fully saturated rings. The third-order valence-corrected chi connectivity index (χ3v) is 4.14. The molecule has 5 nitrogen and oxygen atoms in total. The highest BCUT2D eigenvalue weighted by Gasteiger charge is 2.12. The van der Waals surface area contributed by atoms with Crippen molar-refractivity contribution in [2.75, 3.05) is 13.7 Å². The highest BCUT2D eigenvalue weighted by atomic mass is 35.5. The van der Waals surface area contributed by atoms with Gasteiger partial charge in [0.05, 0.1) is 17.5 Å². The lowest BCUT2D eigenvalue weighted by atomic mass is 10.1. The van der Waals surface area contributed by atoms with Crippen LogP contribution in [0.2, 0.25) is 5.02 Å². The summed E-state index contributed by atoms with van der Waals surface area (Å²) in [6, 6.07) is 15.1. The van der Waals surface area contributed by atoms with E-state index in [9.17, 15) is 4.79 Å². The van der Waals surface area contributed by atoms with Gasteiger partial charge in [-0.1, -0.05) is 48.0 Å². The third-order valence-electron chi connectivity index (χ3n) is 3.82. The Labute approximate surface area is 165 Å². The molecule has 3 N–H and O–H groups in total. The fourth-order valence-electron chi connectivity index (χ4n) is 2.32. The Kier molecular flexibility index (Phi) is 10.1. The number of methoxy groups -OCH3 is 1. The van der Waals surface area contributed by atoms with Crippen molar-refractivity contribution in [3.63, 3.8) is 0 Å². The molecule has 0 radical (unpaired) electrons. The molecule has 0 saturated carbocycles. The monoisotopic (exact) mass is 398 g/mol. The summed E-state index contributed by atoms with van der Waals surface area (Å²) in [4.78, 5) is 12.0. The van der Waals surface area contributed by atoms with Gasteiger partial charge in [0.15, 0.2) is 0 Å². The van der Waals surface area contributed by atoms with Crippen LogP contribution in [0.5, 0.6) is 5.75 Å². The molecule has 0 aliphatic carbocycles. The Hall–Kier alpha value is -1.79. The summed E-state index contributed by atoms with van der Waals surface area (Å²) >= 11 is 6.10.